The molecule has 9 heteroatoms. The molecule has 1 aromatic carbocycles. The summed E-state index contributed by atoms with van der Waals surface area (Å²) in [5, 5.41) is 7.63. The normalized spacial score (nSPS) is 15.0. The summed E-state index contributed by atoms with van der Waals surface area (Å²) < 4.78 is 0. The summed E-state index contributed by atoms with van der Waals surface area (Å²) in [4.78, 5) is 43.2. The Balaban J connectivity index is 1.51. The molecule has 0 unspecified atom stereocenters. The van der Waals surface area contributed by atoms with Crippen molar-refractivity contribution in [1.29, 1.82) is 0 Å². The smallest absolute Gasteiger partial charge is 0.290 e. The Morgan fingerprint density at radius 2 is 1.96 bits per heavy atom. The van der Waals surface area contributed by atoms with Crippen LogP contribution in [0.3, 0.4) is 0 Å². The Morgan fingerprint density at radius 3 is 2.69 bits per heavy atom. The van der Waals surface area contributed by atoms with Crippen LogP contribution in [0.2, 0.25) is 0 Å². The number of anilines is 1. The molecule has 3 amide bonds. The zero-order valence-electron chi connectivity index (χ0n) is 13.6. The second kappa shape index (κ2) is 8.26. The average molecular weight is 369 g/mol. The predicted octanol–water partition coefficient (Wildman–Crippen LogP) is 1.64. The van der Waals surface area contributed by atoms with Gasteiger partial charge in [-0.15, -0.1) is 0 Å². The van der Waals surface area contributed by atoms with E-state index in [2.05, 4.69) is 25.9 Å². The average Bonchev–Trinajstić information content (AvgIpc) is 2.96. The van der Waals surface area contributed by atoms with Crippen LogP contribution in [0, 0.1) is 0 Å². The maximum atomic E-state index is 11.9. The first-order valence-corrected chi connectivity index (χ1v) is 8.58. The third-order valence-corrected chi connectivity index (χ3v) is 4.14. The van der Waals surface area contributed by atoms with Gasteiger partial charge in [-0.1, -0.05) is 18.2 Å². The van der Waals surface area contributed by atoms with Gasteiger partial charge in [0.2, 0.25) is 0 Å². The fourth-order valence-corrected chi connectivity index (χ4v) is 2.79. The van der Waals surface area contributed by atoms with Crippen LogP contribution in [0.25, 0.3) is 6.08 Å². The SMILES string of the molecule is O=C1NC(=O)C(=Cc2nccc(NCCNC(=O)c3ccccc3)n2)S1. The molecule has 0 radical (unpaired) electrons. The summed E-state index contributed by atoms with van der Waals surface area (Å²) in [6.07, 6.45) is 3.00. The highest BCUT2D eigenvalue weighted by Gasteiger charge is 2.25. The van der Waals surface area contributed by atoms with Gasteiger partial charge in [0, 0.05) is 30.9 Å². The van der Waals surface area contributed by atoms with Crippen molar-refractivity contribution in [3.8, 4) is 0 Å². The van der Waals surface area contributed by atoms with Crippen LogP contribution in [0.5, 0.6) is 0 Å². The number of rotatable bonds is 6. The van der Waals surface area contributed by atoms with Crippen LogP contribution in [0.4, 0.5) is 10.6 Å². The third kappa shape index (κ3) is 4.67. The summed E-state index contributed by atoms with van der Waals surface area (Å²) in [5.74, 6) is 0.270. The Morgan fingerprint density at radius 1 is 1.15 bits per heavy atom. The maximum Gasteiger partial charge on any atom is 0.290 e. The number of carbonyl (C=O) groups is 3. The molecule has 132 valence electrons. The van der Waals surface area contributed by atoms with Crippen molar-refractivity contribution in [2.75, 3.05) is 18.4 Å². The van der Waals surface area contributed by atoms with Crippen LogP contribution < -0.4 is 16.0 Å². The molecule has 0 atom stereocenters. The van der Waals surface area contributed by atoms with Gasteiger partial charge in [0.15, 0.2) is 5.82 Å². The van der Waals surface area contributed by atoms with Crippen molar-refractivity contribution >= 4 is 40.7 Å². The van der Waals surface area contributed by atoms with Gasteiger partial charge in [0.25, 0.3) is 17.1 Å². The lowest BCUT2D eigenvalue weighted by Crippen LogP contribution is -2.28. The third-order valence-electron chi connectivity index (χ3n) is 3.33. The second-order valence-corrected chi connectivity index (χ2v) is 6.22. The van der Waals surface area contributed by atoms with Gasteiger partial charge in [-0.05, 0) is 30.0 Å². The van der Waals surface area contributed by atoms with Crippen molar-refractivity contribution in [2.24, 2.45) is 0 Å². The number of nitrogens with zero attached hydrogens (tertiary/aromatic N) is 2. The molecule has 8 nitrogen and oxygen atoms in total. The molecule has 26 heavy (non-hydrogen) atoms. The Kier molecular flexibility index (Phi) is 5.59. The van der Waals surface area contributed by atoms with Crippen LogP contribution in [0.1, 0.15) is 16.2 Å². The van der Waals surface area contributed by atoms with E-state index in [4.69, 9.17) is 0 Å². The molecule has 1 aliphatic heterocycles. The quantitative estimate of drug-likeness (QED) is 0.524. The fraction of sp³-hybridized carbons (Fsp3) is 0.118. The van der Waals surface area contributed by atoms with Crippen molar-refractivity contribution < 1.29 is 14.4 Å². The van der Waals surface area contributed by atoms with E-state index in [1.165, 1.54) is 6.08 Å². The minimum absolute atomic E-state index is 0.144. The first-order valence-electron chi connectivity index (χ1n) is 7.77. The maximum absolute atomic E-state index is 11.9. The molecule has 1 aliphatic rings. The lowest BCUT2D eigenvalue weighted by atomic mass is 10.2. The molecular weight excluding hydrogens is 354 g/mol. The summed E-state index contributed by atoms with van der Waals surface area (Å²) in [7, 11) is 0. The highest BCUT2D eigenvalue weighted by atomic mass is 32.2. The molecule has 3 rings (SSSR count). The molecule has 0 saturated carbocycles. The van der Waals surface area contributed by atoms with Gasteiger partial charge in [-0.2, -0.15) is 0 Å². The predicted molar refractivity (Wildman–Crippen MR) is 98.4 cm³/mol. The van der Waals surface area contributed by atoms with Gasteiger partial charge < -0.3 is 10.6 Å². The lowest BCUT2D eigenvalue weighted by molar-refractivity contribution is -0.115. The lowest BCUT2D eigenvalue weighted by Gasteiger charge is -2.07. The molecule has 1 fully saturated rings. The summed E-state index contributed by atoms with van der Waals surface area (Å²) in [5.41, 5.74) is 0.602. The van der Waals surface area contributed by atoms with Crippen LogP contribution in [-0.4, -0.2) is 40.1 Å². The van der Waals surface area contributed by atoms with E-state index in [0.29, 0.717) is 30.3 Å². The summed E-state index contributed by atoms with van der Waals surface area (Å²) in [6.45, 7) is 0.889. The van der Waals surface area contributed by atoms with Crippen LogP contribution in [0.15, 0.2) is 47.5 Å². The van der Waals surface area contributed by atoms with Crippen LogP contribution in [-0.2, 0) is 4.79 Å². The standard InChI is InChI=1S/C17H15N5O3S/c23-15(11-4-2-1-3-5-11)20-9-8-19-13-6-7-18-14(21-13)10-12-16(24)22-17(25)26-12/h1-7,10H,8-9H2,(H,20,23)(H,18,19,21)(H,22,24,25). The van der Waals surface area contributed by atoms with Gasteiger partial charge in [-0.25, -0.2) is 9.97 Å². The number of thioether (sulfide) groups is 1. The Hall–Kier alpha value is -3.20. The van der Waals surface area contributed by atoms with E-state index in [9.17, 15) is 14.4 Å². The number of aromatic nitrogens is 2. The van der Waals surface area contributed by atoms with E-state index in [0.717, 1.165) is 11.8 Å². The molecule has 2 heterocycles. The first-order chi connectivity index (χ1) is 12.6. The number of nitrogens with one attached hydrogen (secondary N) is 3. The molecule has 0 bridgehead atoms. The highest BCUT2D eigenvalue weighted by molar-refractivity contribution is 8.18. The first kappa shape index (κ1) is 17.6. The van der Waals surface area contributed by atoms with Crippen molar-refractivity contribution in [1.82, 2.24) is 20.6 Å². The Labute approximate surface area is 153 Å². The molecule has 1 aromatic heterocycles. The number of carbonyl (C=O) groups excluding carboxylic acids is 3. The fourth-order valence-electron chi connectivity index (χ4n) is 2.14. The summed E-state index contributed by atoms with van der Waals surface area (Å²) in [6, 6.07) is 10.6. The minimum Gasteiger partial charge on any atom is -0.368 e. The zero-order chi connectivity index (χ0) is 18.4. The van der Waals surface area contributed by atoms with Crippen molar-refractivity contribution in [2.45, 2.75) is 0 Å². The number of amides is 3. The molecule has 3 N–H and O–H groups in total. The number of hydrogen-bond donors (Lipinski definition) is 3. The summed E-state index contributed by atoms with van der Waals surface area (Å²) >= 11 is 0.811. The number of imide groups is 1. The Bertz CT molecular complexity index is 870. The second-order valence-electron chi connectivity index (χ2n) is 5.20. The topological polar surface area (TPSA) is 113 Å². The number of hydrogen-bond acceptors (Lipinski definition) is 7. The van der Waals surface area contributed by atoms with E-state index < -0.39 is 11.1 Å². The van der Waals surface area contributed by atoms with E-state index in [1.807, 2.05) is 6.07 Å². The van der Waals surface area contributed by atoms with Crippen molar-refractivity contribution in [3.63, 3.8) is 0 Å². The van der Waals surface area contributed by atoms with Crippen LogP contribution >= 0.6 is 11.8 Å². The van der Waals surface area contributed by atoms with Gasteiger partial charge in [-0.3, -0.25) is 19.7 Å². The van der Waals surface area contributed by atoms with Crippen molar-refractivity contribution in [3.05, 3.63) is 58.9 Å². The molecule has 1 saturated heterocycles. The minimum atomic E-state index is -0.453. The molecule has 2 aromatic rings. The monoisotopic (exact) mass is 369 g/mol. The van der Waals surface area contributed by atoms with E-state index in [-0.39, 0.29) is 10.8 Å². The van der Waals surface area contributed by atoms with Gasteiger partial charge in [0.05, 0.1) is 4.91 Å². The molecule has 0 spiro atoms. The number of benzene rings is 1. The van der Waals surface area contributed by atoms with Gasteiger partial charge in [0.1, 0.15) is 5.82 Å². The molecule has 0 aliphatic carbocycles. The van der Waals surface area contributed by atoms with E-state index in [1.54, 1.807) is 36.5 Å². The van der Waals surface area contributed by atoms with Gasteiger partial charge >= 0.3 is 0 Å². The molecular formula is C17H15N5O3S. The highest BCUT2D eigenvalue weighted by Crippen LogP contribution is 2.24. The van der Waals surface area contributed by atoms with E-state index >= 15 is 0 Å². The zero-order valence-corrected chi connectivity index (χ0v) is 14.4. The largest absolute Gasteiger partial charge is 0.368 e.